The number of nitrogens with zero attached hydrogens (tertiary/aromatic N) is 1. The fourth-order valence-corrected chi connectivity index (χ4v) is 4.07. The maximum absolute atomic E-state index is 13.6. The second kappa shape index (κ2) is 11.6. The molecule has 3 aromatic rings. The predicted molar refractivity (Wildman–Crippen MR) is 151 cm³/mol. The van der Waals surface area contributed by atoms with E-state index in [0.717, 1.165) is 35.5 Å². The lowest BCUT2D eigenvalue weighted by atomic mass is 9.76. The molecule has 1 unspecified atom stereocenters. The summed E-state index contributed by atoms with van der Waals surface area (Å²) in [5.41, 5.74) is 7.31. The molecule has 4 heteroatoms. The molecule has 0 aliphatic rings. The molecule has 1 N–H and O–H groups in total. The fraction of sp³-hybridized carbons (Fsp3) is 0.406. The summed E-state index contributed by atoms with van der Waals surface area (Å²) in [7, 11) is 0. The first-order valence-electron chi connectivity index (χ1n) is 13.1. The molecule has 0 radical (unpaired) electrons. The number of amides is 1. The smallest absolute Gasteiger partial charge is 0.279 e. The molecule has 0 heterocycles. The maximum Gasteiger partial charge on any atom is 0.279 e. The third-order valence-corrected chi connectivity index (χ3v) is 7.44. The minimum Gasteiger partial charge on any atom is -0.480 e. The van der Waals surface area contributed by atoms with Gasteiger partial charge in [-0.2, -0.15) is 0 Å². The van der Waals surface area contributed by atoms with E-state index in [1.54, 1.807) is 0 Å². The molecule has 0 aliphatic carbocycles. The van der Waals surface area contributed by atoms with Crippen molar-refractivity contribution >= 4 is 17.3 Å². The van der Waals surface area contributed by atoms with Crippen molar-refractivity contribution in [2.45, 2.75) is 84.7 Å². The largest absolute Gasteiger partial charge is 0.480 e. The van der Waals surface area contributed by atoms with Crippen molar-refractivity contribution in [3.05, 3.63) is 90.0 Å². The van der Waals surface area contributed by atoms with Gasteiger partial charge in [-0.25, -0.2) is 0 Å². The van der Waals surface area contributed by atoms with Crippen molar-refractivity contribution in [2.75, 3.05) is 5.01 Å². The van der Waals surface area contributed by atoms with Gasteiger partial charge in [0, 0.05) is 5.56 Å². The molecule has 0 bridgehead atoms. The number of ether oxygens (including phenoxy) is 1. The van der Waals surface area contributed by atoms with Gasteiger partial charge in [-0.15, -0.1) is 0 Å². The third-order valence-electron chi connectivity index (χ3n) is 7.44. The van der Waals surface area contributed by atoms with Crippen molar-refractivity contribution in [3.8, 4) is 5.75 Å². The van der Waals surface area contributed by atoms with Gasteiger partial charge in [-0.1, -0.05) is 97.0 Å². The van der Waals surface area contributed by atoms with Crippen LogP contribution in [-0.4, -0.2) is 12.0 Å². The van der Waals surface area contributed by atoms with Gasteiger partial charge in [0.2, 0.25) is 0 Å². The molecule has 0 saturated carbocycles. The summed E-state index contributed by atoms with van der Waals surface area (Å²) >= 11 is 0. The van der Waals surface area contributed by atoms with Crippen LogP contribution in [0, 0.1) is 0 Å². The van der Waals surface area contributed by atoms with E-state index in [4.69, 9.17) is 4.74 Å². The minimum atomic E-state index is -0.628. The molecule has 0 spiro atoms. The third kappa shape index (κ3) is 6.29. The molecule has 192 valence electrons. The Balaban J connectivity index is 1.92. The zero-order chi connectivity index (χ0) is 26.3. The average molecular weight is 487 g/mol. The number of carbonyl (C=O) groups excluding carboxylic acids is 1. The van der Waals surface area contributed by atoms with Crippen molar-refractivity contribution in [1.82, 2.24) is 5.43 Å². The van der Waals surface area contributed by atoms with Gasteiger partial charge in [0.1, 0.15) is 5.75 Å². The summed E-state index contributed by atoms with van der Waals surface area (Å²) in [6.07, 6.45) is 1.94. The van der Waals surface area contributed by atoms with Gasteiger partial charge in [-0.05, 0) is 66.0 Å². The van der Waals surface area contributed by atoms with Crippen LogP contribution in [0.2, 0.25) is 0 Å². The Labute approximate surface area is 217 Å². The van der Waals surface area contributed by atoms with E-state index in [2.05, 4.69) is 65.2 Å². The lowest BCUT2D eigenvalue weighted by Gasteiger charge is -2.32. The van der Waals surface area contributed by atoms with Crippen molar-refractivity contribution < 1.29 is 9.53 Å². The molecule has 3 rings (SSSR count). The summed E-state index contributed by atoms with van der Waals surface area (Å²) in [5, 5.41) is 1.82. The van der Waals surface area contributed by atoms with Gasteiger partial charge in [0.05, 0.1) is 11.4 Å². The quantitative estimate of drug-likeness (QED) is 0.278. The number of hydrogen-bond donors (Lipinski definition) is 1. The molecule has 0 fully saturated rings. The molecule has 1 amide bonds. The molecule has 1 atom stereocenters. The number of para-hydroxylation sites is 2. The van der Waals surface area contributed by atoms with E-state index in [0.29, 0.717) is 6.42 Å². The Kier molecular flexibility index (Phi) is 8.84. The molecule has 4 nitrogen and oxygen atoms in total. The highest BCUT2D eigenvalue weighted by Crippen LogP contribution is 2.39. The van der Waals surface area contributed by atoms with Gasteiger partial charge >= 0.3 is 0 Å². The lowest BCUT2D eigenvalue weighted by molar-refractivity contribution is -0.128. The molecule has 36 heavy (non-hydrogen) atoms. The minimum absolute atomic E-state index is 0.0739. The molecule has 3 aromatic carbocycles. The number of nitrogens with one attached hydrogen (secondary N) is 1. The Morgan fingerprint density at radius 3 is 1.81 bits per heavy atom. The zero-order valence-corrected chi connectivity index (χ0v) is 23.0. The first kappa shape index (κ1) is 27.3. The first-order valence-corrected chi connectivity index (χ1v) is 13.1. The van der Waals surface area contributed by atoms with Crippen LogP contribution < -0.4 is 15.2 Å². The number of hydrogen-bond acceptors (Lipinski definition) is 3. The Morgan fingerprint density at radius 2 is 1.33 bits per heavy atom. The van der Waals surface area contributed by atoms with Crippen molar-refractivity contribution in [1.29, 1.82) is 0 Å². The zero-order valence-electron chi connectivity index (χ0n) is 23.0. The van der Waals surface area contributed by atoms with Crippen molar-refractivity contribution in [2.24, 2.45) is 0 Å². The normalized spacial score (nSPS) is 12.6. The van der Waals surface area contributed by atoms with Crippen LogP contribution in [0.25, 0.3) is 0 Å². The van der Waals surface area contributed by atoms with Crippen LogP contribution in [0.1, 0.15) is 78.9 Å². The summed E-state index contributed by atoms with van der Waals surface area (Å²) in [5.74, 6) is 0.605. The van der Waals surface area contributed by atoms with E-state index in [-0.39, 0.29) is 16.7 Å². The number of carbonyl (C=O) groups is 1. The first-order chi connectivity index (χ1) is 17.1. The van der Waals surface area contributed by atoms with Gasteiger partial charge in [0.25, 0.3) is 5.91 Å². The lowest BCUT2D eigenvalue weighted by Crippen LogP contribution is -2.46. The average Bonchev–Trinajstić information content (AvgIpc) is 2.91. The number of benzene rings is 3. The highest BCUT2D eigenvalue weighted by molar-refractivity contribution is 5.84. The number of hydrazine groups is 1. The molecule has 0 aromatic heterocycles. The highest BCUT2D eigenvalue weighted by Gasteiger charge is 2.29. The SMILES string of the molecule is CCC(Oc1ccc(C(C)(C)CC)cc1C(C)(C)CC)C(=O)NN(c1ccccc1)c1ccccc1. The van der Waals surface area contributed by atoms with E-state index in [1.165, 1.54) is 5.56 Å². The standard InChI is InChI=1S/C32H42N2O2/c1-8-28(30(35)33-34(25-17-13-11-14-18-25)26-19-15-12-16-20-26)36-29-22-21-24(31(4,5)9-2)23-27(29)32(6,7)10-3/h11-23,28H,8-10H2,1-7H3,(H,33,35). The molecule has 0 aliphatic heterocycles. The van der Waals surface area contributed by atoms with E-state index < -0.39 is 6.10 Å². The van der Waals surface area contributed by atoms with Crippen LogP contribution >= 0.6 is 0 Å². The second-order valence-corrected chi connectivity index (χ2v) is 10.7. The van der Waals surface area contributed by atoms with Crippen LogP contribution in [0.15, 0.2) is 78.9 Å². The summed E-state index contributed by atoms with van der Waals surface area (Å²) in [6, 6.07) is 26.2. The maximum atomic E-state index is 13.6. The monoisotopic (exact) mass is 486 g/mol. The van der Waals surface area contributed by atoms with E-state index in [9.17, 15) is 4.79 Å². The van der Waals surface area contributed by atoms with E-state index in [1.807, 2.05) is 72.6 Å². The van der Waals surface area contributed by atoms with Crippen molar-refractivity contribution in [3.63, 3.8) is 0 Å². The van der Waals surface area contributed by atoms with E-state index >= 15 is 0 Å². The van der Waals surface area contributed by atoms with Crippen LogP contribution in [0.5, 0.6) is 5.75 Å². The highest BCUT2D eigenvalue weighted by atomic mass is 16.5. The Bertz CT molecular complexity index is 1080. The van der Waals surface area contributed by atoms with Gasteiger partial charge in [-0.3, -0.25) is 15.2 Å². The topological polar surface area (TPSA) is 41.6 Å². The number of rotatable bonds is 11. The molecule has 0 saturated heterocycles. The van der Waals surface area contributed by atoms with Crippen LogP contribution in [0.3, 0.4) is 0 Å². The molecular weight excluding hydrogens is 444 g/mol. The number of anilines is 2. The second-order valence-electron chi connectivity index (χ2n) is 10.7. The van der Waals surface area contributed by atoms with Crippen LogP contribution in [0.4, 0.5) is 11.4 Å². The summed E-state index contributed by atoms with van der Waals surface area (Å²) in [6.45, 7) is 15.4. The fourth-order valence-electron chi connectivity index (χ4n) is 4.07. The van der Waals surface area contributed by atoms with Gasteiger partial charge < -0.3 is 4.74 Å². The Hall–Kier alpha value is -3.27. The Morgan fingerprint density at radius 1 is 0.806 bits per heavy atom. The predicted octanol–water partition coefficient (Wildman–Crippen LogP) is 8.09. The molecular formula is C32H42N2O2. The summed E-state index contributed by atoms with van der Waals surface area (Å²) in [4.78, 5) is 13.6. The summed E-state index contributed by atoms with van der Waals surface area (Å²) < 4.78 is 6.48. The van der Waals surface area contributed by atoms with Gasteiger partial charge in [0.15, 0.2) is 6.10 Å². The van der Waals surface area contributed by atoms with Crippen LogP contribution in [-0.2, 0) is 15.6 Å².